The van der Waals surface area contributed by atoms with Crippen molar-refractivity contribution in [3.8, 4) is 0 Å². The van der Waals surface area contributed by atoms with Crippen molar-refractivity contribution in [2.24, 2.45) is 0 Å². The summed E-state index contributed by atoms with van der Waals surface area (Å²) in [5.41, 5.74) is -3.15. The lowest BCUT2D eigenvalue weighted by Crippen LogP contribution is -2.70. The fourth-order valence-corrected chi connectivity index (χ4v) is 12.7. The van der Waals surface area contributed by atoms with Crippen LogP contribution in [0.25, 0.3) is 0 Å². The SMILES string of the molecule is CC([Si](OC(C)(C)C)(OC(C)(C)C)OC(C)(C)C)[Si](OC(C)(C)C)(OC(C)(C)C)OC(C)(C)C. The van der Waals surface area contributed by atoms with Gasteiger partial charge in [-0.2, -0.15) is 0 Å². The van der Waals surface area contributed by atoms with Gasteiger partial charge in [-0.05, 0) is 125 Å². The molecule has 0 heterocycles. The highest BCUT2D eigenvalue weighted by Gasteiger charge is 2.69. The van der Waals surface area contributed by atoms with Crippen LogP contribution in [0.5, 0.6) is 0 Å². The lowest BCUT2D eigenvalue weighted by atomic mass is 10.2. The van der Waals surface area contributed by atoms with Crippen LogP contribution in [-0.2, 0) is 26.6 Å². The molecule has 0 aliphatic rings. The van der Waals surface area contributed by atoms with E-state index in [1.165, 1.54) is 0 Å². The fraction of sp³-hybridized carbons (Fsp3) is 1.00. The van der Waals surface area contributed by atoms with Gasteiger partial charge < -0.3 is 26.6 Å². The largest absolute Gasteiger partial charge is 0.509 e. The Balaban J connectivity index is 7.40. The van der Waals surface area contributed by atoms with E-state index in [4.69, 9.17) is 26.6 Å². The van der Waals surface area contributed by atoms with Crippen LogP contribution in [0.2, 0.25) is 5.16 Å². The quantitative estimate of drug-likeness (QED) is 0.305. The molecule has 0 spiro atoms. The van der Waals surface area contributed by atoms with Gasteiger partial charge in [-0.1, -0.05) is 6.92 Å². The van der Waals surface area contributed by atoms with Crippen LogP contribution < -0.4 is 0 Å². The predicted molar refractivity (Wildman–Crippen MR) is 146 cm³/mol. The lowest BCUT2D eigenvalue weighted by Gasteiger charge is -2.51. The van der Waals surface area contributed by atoms with Crippen molar-refractivity contribution in [1.82, 2.24) is 0 Å². The van der Waals surface area contributed by atoms with Gasteiger partial charge in [0, 0.05) is 0 Å². The summed E-state index contributed by atoms with van der Waals surface area (Å²) >= 11 is 0. The Hall–Kier alpha value is 0.194. The molecule has 0 aliphatic heterocycles. The zero-order valence-corrected chi connectivity index (χ0v) is 28.0. The van der Waals surface area contributed by atoms with Crippen molar-refractivity contribution < 1.29 is 26.6 Å². The van der Waals surface area contributed by atoms with Crippen molar-refractivity contribution in [3.05, 3.63) is 0 Å². The van der Waals surface area contributed by atoms with E-state index in [1.54, 1.807) is 0 Å². The summed E-state index contributed by atoms with van der Waals surface area (Å²) in [4.78, 5) is 0. The Labute approximate surface area is 214 Å². The highest BCUT2D eigenvalue weighted by Crippen LogP contribution is 2.46. The lowest BCUT2D eigenvalue weighted by molar-refractivity contribution is -0.101. The molecule has 0 saturated heterocycles. The molecule has 8 heteroatoms. The second-order valence-electron chi connectivity index (χ2n) is 15.2. The van der Waals surface area contributed by atoms with Crippen LogP contribution in [0.3, 0.4) is 0 Å². The Morgan fingerprint density at radius 3 is 0.529 bits per heavy atom. The van der Waals surface area contributed by atoms with Gasteiger partial charge >= 0.3 is 17.6 Å². The minimum Gasteiger partial charge on any atom is -0.368 e. The third-order valence-corrected chi connectivity index (χ3v) is 13.4. The fourth-order valence-electron chi connectivity index (χ4n) is 3.43. The van der Waals surface area contributed by atoms with Gasteiger partial charge in [-0.15, -0.1) is 0 Å². The molecule has 0 fully saturated rings. The summed E-state index contributed by atoms with van der Waals surface area (Å²) in [6.45, 7) is 38.6. The molecular weight excluding hydrogens is 464 g/mol. The number of hydrogen-bond acceptors (Lipinski definition) is 6. The topological polar surface area (TPSA) is 55.4 Å². The molecule has 34 heavy (non-hydrogen) atoms. The van der Waals surface area contributed by atoms with Crippen LogP contribution in [0.15, 0.2) is 0 Å². The first-order valence-electron chi connectivity index (χ1n) is 12.6. The van der Waals surface area contributed by atoms with E-state index in [0.29, 0.717) is 0 Å². The Morgan fingerprint density at radius 2 is 0.441 bits per heavy atom. The van der Waals surface area contributed by atoms with Crippen molar-refractivity contribution in [1.29, 1.82) is 0 Å². The average Bonchev–Trinajstić information content (AvgIpc) is 2.33. The molecule has 0 amide bonds. The normalized spacial score (nSPS) is 15.9. The van der Waals surface area contributed by atoms with E-state index in [0.717, 1.165) is 0 Å². The zero-order chi connectivity index (χ0) is 27.8. The molecule has 0 aromatic carbocycles. The highest BCUT2D eigenvalue weighted by molar-refractivity contribution is 6.82. The maximum Gasteiger partial charge on any atom is 0.509 e. The third kappa shape index (κ3) is 13.5. The predicted octanol–water partition coefficient (Wildman–Crippen LogP) is 7.68. The minimum absolute atomic E-state index is 0.407. The summed E-state index contributed by atoms with van der Waals surface area (Å²) in [7, 11) is -7.11. The van der Waals surface area contributed by atoms with Gasteiger partial charge in [-0.25, -0.2) is 0 Å². The highest BCUT2D eigenvalue weighted by atomic mass is 28.5. The Morgan fingerprint density at radius 1 is 0.324 bits per heavy atom. The molecule has 0 bridgehead atoms. The minimum atomic E-state index is -3.55. The van der Waals surface area contributed by atoms with Crippen molar-refractivity contribution in [2.45, 2.75) is 170 Å². The molecule has 0 aromatic rings. The maximum atomic E-state index is 6.88. The van der Waals surface area contributed by atoms with Crippen LogP contribution in [0.1, 0.15) is 132 Å². The van der Waals surface area contributed by atoms with Crippen LogP contribution in [0, 0.1) is 0 Å². The summed E-state index contributed by atoms with van der Waals surface area (Å²) in [6, 6.07) is 0. The Bertz CT molecular complexity index is 500. The molecule has 0 aromatic heterocycles. The van der Waals surface area contributed by atoms with E-state index in [9.17, 15) is 0 Å². The molecule has 0 radical (unpaired) electrons. The van der Waals surface area contributed by atoms with Gasteiger partial charge in [0.1, 0.15) is 0 Å². The standard InChI is InChI=1S/C26H58O6Si2/c1-20(33(27-21(2,3)4,28-22(5,6)7)29-23(8,9)10)34(30-24(11,12)13,31-25(14,15)16)32-26(17,18)19/h20H,1-19H3. The molecule has 0 atom stereocenters. The zero-order valence-electron chi connectivity index (χ0n) is 26.0. The first kappa shape index (κ1) is 34.2. The summed E-state index contributed by atoms with van der Waals surface area (Å²) in [6.07, 6.45) is 0. The van der Waals surface area contributed by atoms with Gasteiger partial charge in [-0.3, -0.25) is 0 Å². The van der Waals surface area contributed by atoms with Crippen molar-refractivity contribution >= 4 is 17.6 Å². The molecule has 0 N–H and O–H groups in total. The van der Waals surface area contributed by atoms with Gasteiger partial charge in [0.25, 0.3) is 0 Å². The Kier molecular flexibility index (Phi) is 10.6. The maximum absolute atomic E-state index is 6.88. The summed E-state index contributed by atoms with van der Waals surface area (Å²) in [5, 5.41) is -0.407. The van der Waals surface area contributed by atoms with E-state index < -0.39 is 56.4 Å². The average molecular weight is 523 g/mol. The molecule has 0 saturated carbocycles. The molecule has 6 nitrogen and oxygen atoms in total. The van der Waals surface area contributed by atoms with Crippen molar-refractivity contribution in [3.63, 3.8) is 0 Å². The van der Waals surface area contributed by atoms with E-state index >= 15 is 0 Å². The summed E-state index contributed by atoms with van der Waals surface area (Å²) < 4.78 is 41.3. The van der Waals surface area contributed by atoms with Crippen LogP contribution in [0.4, 0.5) is 0 Å². The molecule has 0 aliphatic carbocycles. The smallest absolute Gasteiger partial charge is 0.368 e. The van der Waals surface area contributed by atoms with Gasteiger partial charge in [0.05, 0.1) is 38.8 Å². The van der Waals surface area contributed by atoms with Crippen molar-refractivity contribution in [2.75, 3.05) is 0 Å². The monoisotopic (exact) mass is 522 g/mol. The first-order chi connectivity index (χ1) is 14.4. The molecule has 0 rings (SSSR count). The number of rotatable bonds is 8. The second-order valence-corrected chi connectivity index (χ2v) is 21.2. The van der Waals surface area contributed by atoms with Crippen LogP contribution >= 0.6 is 0 Å². The second kappa shape index (κ2) is 10.5. The van der Waals surface area contributed by atoms with E-state index in [-0.39, 0.29) is 0 Å². The summed E-state index contributed by atoms with van der Waals surface area (Å²) in [5.74, 6) is 0. The first-order valence-corrected chi connectivity index (χ1v) is 16.2. The van der Waals surface area contributed by atoms with E-state index in [2.05, 4.69) is 6.92 Å². The molecule has 206 valence electrons. The molecule has 0 unspecified atom stereocenters. The van der Waals surface area contributed by atoms with E-state index in [1.807, 2.05) is 125 Å². The number of hydrogen-bond donors (Lipinski definition) is 0. The van der Waals surface area contributed by atoms with Gasteiger partial charge in [0.15, 0.2) is 0 Å². The van der Waals surface area contributed by atoms with Gasteiger partial charge in [0.2, 0.25) is 0 Å². The third-order valence-electron chi connectivity index (χ3n) is 3.75. The van der Waals surface area contributed by atoms with Crippen LogP contribution in [-0.4, -0.2) is 51.2 Å². The molecular formula is C26H58O6Si2.